The summed E-state index contributed by atoms with van der Waals surface area (Å²) in [6.07, 6.45) is 3.08. The molecule has 0 radical (unpaired) electrons. The minimum atomic E-state index is -0.837. The molecule has 0 heterocycles. The topological polar surface area (TPSA) is 37.3 Å². The average Bonchev–Trinajstić information content (AvgIpc) is 2.16. The molecule has 0 unspecified atom stereocenters. The maximum absolute atomic E-state index is 10.7. The molecule has 2 rings (SSSR count). The number of aryl methyl sites for hydroxylation is 1. The van der Waals surface area contributed by atoms with Crippen molar-refractivity contribution in [2.45, 2.75) is 12.8 Å². The van der Waals surface area contributed by atoms with Crippen molar-refractivity contribution < 1.29 is 9.90 Å². The van der Waals surface area contributed by atoms with Crippen molar-refractivity contribution >= 4 is 23.6 Å². The van der Waals surface area contributed by atoms with Gasteiger partial charge in [0.15, 0.2) is 0 Å². The number of hydrogen-bond donors (Lipinski definition) is 1. The zero-order valence-electron chi connectivity index (χ0n) is 7.46. The predicted octanol–water partition coefficient (Wildman–Crippen LogP) is 2.75. The number of fused-ring (bicyclic) bond motifs is 1. The van der Waals surface area contributed by atoms with Crippen molar-refractivity contribution in [3.63, 3.8) is 0 Å². The van der Waals surface area contributed by atoms with Crippen molar-refractivity contribution in [1.82, 2.24) is 0 Å². The molecular weight excluding hydrogens is 200 g/mol. The number of rotatable bonds is 1. The lowest BCUT2D eigenvalue weighted by Gasteiger charge is -2.13. The van der Waals surface area contributed by atoms with E-state index >= 15 is 0 Å². The van der Waals surface area contributed by atoms with E-state index in [9.17, 15) is 4.79 Å². The Hall–Kier alpha value is -1.28. The van der Waals surface area contributed by atoms with Gasteiger partial charge in [-0.2, -0.15) is 0 Å². The third-order valence-corrected chi connectivity index (χ3v) is 2.61. The van der Waals surface area contributed by atoms with Crippen molar-refractivity contribution in [2.75, 3.05) is 0 Å². The van der Waals surface area contributed by atoms with Gasteiger partial charge in [-0.25, -0.2) is 4.79 Å². The van der Waals surface area contributed by atoms with E-state index in [-0.39, 0.29) is 0 Å². The molecule has 0 aliphatic heterocycles. The first-order valence-electron chi connectivity index (χ1n) is 4.39. The molecule has 0 saturated heterocycles. The molecule has 14 heavy (non-hydrogen) atoms. The Morgan fingerprint density at radius 1 is 1.36 bits per heavy atom. The van der Waals surface area contributed by atoms with Crippen LogP contribution in [0.3, 0.4) is 0 Å². The molecule has 0 amide bonds. The molecule has 72 valence electrons. The van der Waals surface area contributed by atoms with Gasteiger partial charge >= 0.3 is 5.97 Å². The maximum Gasteiger partial charge on any atom is 0.331 e. The lowest BCUT2D eigenvalue weighted by atomic mass is 9.92. The summed E-state index contributed by atoms with van der Waals surface area (Å²) in [6, 6.07) is 5.59. The first kappa shape index (κ1) is 9.28. The molecule has 1 aliphatic rings. The van der Waals surface area contributed by atoms with Crippen LogP contribution in [0.1, 0.15) is 17.5 Å². The van der Waals surface area contributed by atoms with E-state index in [0.717, 1.165) is 12.0 Å². The third kappa shape index (κ3) is 1.66. The van der Waals surface area contributed by atoms with Crippen molar-refractivity contribution in [3.05, 3.63) is 39.9 Å². The Morgan fingerprint density at radius 2 is 2.14 bits per heavy atom. The van der Waals surface area contributed by atoms with Crippen molar-refractivity contribution in [3.8, 4) is 0 Å². The summed E-state index contributed by atoms with van der Waals surface area (Å²) >= 11 is 5.83. The standard InChI is InChI=1S/C11H9ClO2/c12-10-4-3-7-1-2-8(11(13)14)5-9(7)6-10/h3-6H,1-2H2,(H,13,14). The van der Waals surface area contributed by atoms with Crippen LogP contribution in [0, 0.1) is 0 Å². The Balaban J connectivity index is 2.47. The Morgan fingerprint density at radius 3 is 2.86 bits per heavy atom. The van der Waals surface area contributed by atoms with E-state index in [1.165, 1.54) is 5.56 Å². The first-order chi connectivity index (χ1) is 6.66. The van der Waals surface area contributed by atoms with Gasteiger partial charge in [0, 0.05) is 10.6 Å². The van der Waals surface area contributed by atoms with E-state index in [1.54, 1.807) is 12.1 Å². The van der Waals surface area contributed by atoms with Crippen LogP contribution >= 0.6 is 11.6 Å². The molecule has 1 N–H and O–H groups in total. The molecular formula is C11H9ClO2. The lowest BCUT2D eigenvalue weighted by molar-refractivity contribution is -0.132. The third-order valence-electron chi connectivity index (χ3n) is 2.38. The highest BCUT2D eigenvalue weighted by Crippen LogP contribution is 2.26. The van der Waals surface area contributed by atoms with Gasteiger partial charge in [-0.1, -0.05) is 17.7 Å². The molecule has 0 atom stereocenters. The van der Waals surface area contributed by atoms with Crippen LogP contribution < -0.4 is 0 Å². The van der Waals surface area contributed by atoms with Crippen molar-refractivity contribution in [1.29, 1.82) is 0 Å². The monoisotopic (exact) mass is 208 g/mol. The van der Waals surface area contributed by atoms with E-state index in [4.69, 9.17) is 16.7 Å². The van der Waals surface area contributed by atoms with Gasteiger partial charge in [-0.3, -0.25) is 0 Å². The van der Waals surface area contributed by atoms with E-state index in [1.807, 2.05) is 12.1 Å². The van der Waals surface area contributed by atoms with E-state index in [2.05, 4.69) is 0 Å². The van der Waals surface area contributed by atoms with Gasteiger partial charge < -0.3 is 5.11 Å². The fourth-order valence-electron chi connectivity index (χ4n) is 1.63. The molecule has 1 aliphatic carbocycles. The summed E-state index contributed by atoms with van der Waals surface area (Å²) in [5, 5.41) is 9.48. The second-order valence-electron chi connectivity index (χ2n) is 3.32. The Labute approximate surface area is 86.8 Å². The zero-order chi connectivity index (χ0) is 10.1. The molecule has 0 aromatic heterocycles. The Bertz CT molecular complexity index is 421. The number of halogens is 1. The molecule has 3 heteroatoms. The van der Waals surface area contributed by atoms with E-state index in [0.29, 0.717) is 17.0 Å². The molecule has 1 aromatic carbocycles. The highest BCUT2D eigenvalue weighted by atomic mass is 35.5. The lowest BCUT2D eigenvalue weighted by Crippen LogP contribution is -2.07. The number of benzene rings is 1. The smallest absolute Gasteiger partial charge is 0.331 e. The minimum absolute atomic E-state index is 0.458. The highest BCUT2D eigenvalue weighted by Gasteiger charge is 2.14. The molecule has 0 spiro atoms. The zero-order valence-corrected chi connectivity index (χ0v) is 8.21. The molecule has 0 bridgehead atoms. The van der Waals surface area contributed by atoms with Crippen LogP contribution in [-0.4, -0.2) is 11.1 Å². The summed E-state index contributed by atoms with van der Waals surface area (Å²) in [5.41, 5.74) is 2.56. The first-order valence-corrected chi connectivity index (χ1v) is 4.77. The van der Waals surface area contributed by atoms with Crippen LogP contribution in [0.4, 0.5) is 0 Å². The maximum atomic E-state index is 10.7. The van der Waals surface area contributed by atoms with Crippen LogP contribution in [0.2, 0.25) is 5.02 Å². The van der Waals surface area contributed by atoms with Crippen LogP contribution in [0.25, 0.3) is 6.08 Å². The van der Waals surface area contributed by atoms with Crippen molar-refractivity contribution in [2.24, 2.45) is 0 Å². The molecule has 0 saturated carbocycles. The predicted molar refractivity (Wildman–Crippen MR) is 55.4 cm³/mol. The number of carboxylic acids is 1. The number of carbonyl (C=O) groups is 1. The van der Waals surface area contributed by atoms with Gasteiger partial charge in [0.25, 0.3) is 0 Å². The van der Waals surface area contributed by atoms with Crippen LogP contribution in [0.5, 0.6) is 0 Å². The molecule has 0 fully saturated rings. The van der Waals surface area contributed by atoms with Gasteiger partial charge in [0.1, 0.15) is 0 Å². The van der Waals surface area contributed by atoms with Crippen LogP contribution in [-0.2, 0) is 11.2 Å². The fraction of sp³-hybridized carbons (Fsp3) is 0.182. The second-order valence-corrected chi connectivity index (χ2v) is 3.75. The molecule has 2 nitrogen and oxygen atoms in total. The second kappa shape index (κ2) is 3.46. The molecule has 1 aromatic rings. The quantitative estimate of drug-likeness (QED) is 0.771. The van der Waals surface area contributed by atoms with Crippen LogP contribution in [0.15, 0.2) is 23.8 Å². The number of carboxylic acid groups (broad SMARTS) is 1. The van der Waals surface area contributed by atoms with Gasteiger partial charge in [0.2, 0.25) is 0 Å². The summed E-state index contributed by atoms with van der Waals surface area (Å²) in [7, 11) is 0. The fourth-order valence-corrected chi connectivity index (χ4v) is 1.81. The summed E-state index contributed by atoms with van der Waals surface area (Å²) in [6.45, 7) is 0. The number of aliphatic carboxylic acids is 1. The van der Waals surface area contributed by atoms with Gasteiger partial charge in [-0.05, 0) is 42.2 Å². The number of hydrogen-bond acceptors (Lipinski definition) is 1. The largest absolute Gasteiger partial charge is 0.478 e. The summed E-state index contributed by atoms with van der Waals surface area (Å²) in [5.74, 6) is -0.837. The van der Waals surface area contributed by atoms with E-state index < -0.39 is 5.97 Å². The highest BCUT2D eigenvalue weighted by molar-refractivity contribution is 6.30. The van der Waals surface area contributed by atoms with Gasteiger partial charge in [0.05, 0.1) is 0 Å². The van der Waals surface area contributed by atoms with Gasteiger partial charge in [-0.15, -0.1) is 0 Å². The summed E-state index contributed by atoms with van der Waals surface area (Å²) in [4.78, 5) is 10.7. The summed E-state index contributed by atoms with van der Waals surface area (Å²) < 4.78 is 0. The SMILES string of the molecule is O=C(O)C1=Cc2cc(Cl)ccc2CC1. The average molecular weight is 209 g/mol. The normalized spacial score (nSPS) is 14.5. The Kier molecular flexibility index (Phi) is 2.30. The minimum Gasteiger partial charge on any atom is -0.478 e.